The fourth-order valence-electron chi connectivity index (χ4n) is 1.51. The van der Waals surface area contributed by atoms with Crippen LogP contribution in [0.5, 0.6) is 0 Å². The third-order valence-corrected chi connectivity index (χ3v) is 2.46. The zero-order valence-corrected chi connectivity index (χ0v) is 7.08. The molecule has 1 nitrogen and oxygen atoms in total. The van der Waals surface area contributed by atoms with Gasteiger partial charge in [-0.05, 0) is 6.42 Å². The van der Waals surface area contributed by atoms with E-state index in [2.05, 4.69) is 0 Å². The molecule has 1 saturated carbocycles. The van der Waals surface area contributed by atoms with Gasteiger partial charge < -0.3 is 5.73 Å². The van der Waals surface area contributed by atoms with E-state index in [-0.39, 0.29) is 11.6 Å². The molecule has 2 rings (SSSR count). The largest absolute Gasteiger partial charge is 0.327 e. The van der Waals surface area contributed by atoms with Gasteiger partial charge in [0.15, 0.2) is 0 Å². The van der Waals surface area contributed by atoms with Gasteiger partial charge >= 0.3 is 0 Å². The van der Waals surface area contributed by atoms with Crippen molar-refractivity contribution in [1.29, 1.82) is 0 Å². The minimum atomic E-state index is -2.75. The van der Waals surface area contributed by atoms with Gasteiger partial charge in [-0.15, -0.1) is 0 Å². The van der Waals surface area contributed by atoms with Crippen LogP contribution in [-0.4, -0.2) is 6.04 Å². The average Bonchev–Trinajstić information content (AvgIpc) is 2.85. The molecule has 0 aliphatic heterocycles. The molecule has 0 heterocycles. The quantitative estimate of drug-likeness (QED) is 0.746. The summed E-state index contributed by atoms with van der Waals surface area (Å²) in [6.07, 6.45) is 0.432. The Hall–Kier alpha value is -0.960. The molecule has 13 heavy (non-hydrogen) atoms. The van der Waals surface area contributed by atoms with Gasteiger partial charge in [0.25, 0.3) is 5.92 Å². The van der Waals surface area contributed by atoms with Gasteiger partial charge in [0, 0.05) is 17.5 Å². The fraction of sp³-hybridized carbons (Fsp3) is 0.400. The minimum absolute atomic E-state index is 0.0768. The number of hydrogen-bond donors (Lipinski definition) is 1. The second kappa shape index (κ2) is 2.77. The lowest BCUT2D eigenvalue weighted by Crippen LogP contribution is -2.21. The standard InChI is InChI=1S/C10H11F2N/c11-10(12,8-6-9(8)13)7-4-2-1-3-5-7/h1-5,8-9H,6,13H2. The SMILES string of the molecule is NC1CC1C(F)(F)c1ccccc1. The summed E-state index contributed by atoms with van der Waals surface area (Å²) in [6.45, 7) is 0. The summed E-state index contributed by atoms with van der Waals surface area (Å²) in [5.74, 6) is -3.41. The predicted octanol–water partition coefficient (Wildman–Crippen LogP) is 2.13. The van der Waals surface area contributed by atoms with E-state index >= 15 is 0 Å². The third-order valence-electron chi connectivity index (χ3n) is 2.46. The Morgan fingerprint density at radius 1 is 1.23 bits per heavy atom. The Morgan fingerprint density at radius 2 is 1.77 bits per heavy atom. The summed E-state index contributed by atoms with van der Waals surface area (Å²) in [5, 5.41) is 0. The molecular weight excluding hydrogens is 172 g/mol. The highest BCUT2D eigenvalue weighted by Gasteiger charge is 2.53. The number of alkyl halides is 2. The zero-order chi connectivity index (χ0) is 9.47. The Labute approximate surface area is 75.6 Å². The van der Waals surface area contributed by atoms with E-state index in [1.165, 1.54) is 12.1 Å². The summed E-state index contributed by atoms with van der Waals surface area (Å²) in [4.78, 5) is 0. The molecular formula is C10H11F2N. The molecule has 2 N–H and O–H groups in total. The topological polar surface area (TPSA) is 26.0 Å². The summed E-state index contributed by atoms with van der Waals surface area (Å²) >= 11 is 0. The average molecular weight is 183 g/mol. The van der Waals surface area contributed by atoms with Gasteiger partial charge in [-0.25, -0.2) is 8.78 Å². The van der Waals surface area contributed by atoms with E-state index in [0.717, 1.165) is 0 Å². The Balaban J connectivity index is 2.25. The first-order valence-corrected chi connectivity index (χ1v) is 4.31. The maximum atomic E-state index is 13.5. The first-order chi connectivity index (χ1) is 6.12. The molecule has 0 amide bonds. The van der Waals surface area contributed by atoms with Crippen LogP contribution < -0.4 is 5.73 Å². The lowest BCUT2D eigenvalue weighted by Gasteiger charge is -2.15. The van der Waals surface area contributed by atoms with Crippen molar-refractivity contribution in [2.24, 2.45) is 11.7 Å². The second-order valence-electron chi connectivity index (χ2n) is 3.50. The summed E-state index contributed by atoms with van der Waals surface area (Å²) < 4.78 is 27.0. The van der Waals surface area contributed by atoms with E-state index < -0.39 is 11.8 Å². The van der Waals surface area contributed by atoms with Crippen molar-refractivity contribution in [1.82, 2.24) is 0 Å². The van der Waals surface area contributed by atoms with Gasteiger partial charge in [-0.2, -0.15) is 0 Å². The van der Waals surface area contributed by atoms with Crippen LogP contribution in [0.1, 0.15) is 12.0 Å². The van der Waals surface area contributed by atoms with Crippen LogP contribution in [0, 0.1) is 5.92 Å². The molecule has 0 saturated heterocycles. The minimum Gasteiger partial charge on any atom is -0.327 e. The highest BCUT2D eigenvalue weighted by molar-refractivity contribution is 5.23. The Bertz CT molecular complexity index is 297. The summed E-state index contributed by atoms with van der Waals surface area (Å²) in [7, 11) is 0. The monoisotopic (exact) mass is 183 g/mol. The van der Waals surface area contributed by atoms with Crippen molar-refractivity contribution >= 4 is 0 Å². The Morgan fingerprint density at radius 3 is 2.23 bits per heavy atom. The first kappa shape index (κ1) is 8.63. The molecule has 0 spiro atoms. The van der Waals surface area contributed by atoms with Crippen molar-refractivity contribution < 1.29 is 8.78 Å². The number of halogens is 2. The predicted molar refractivity (Wildman–Crippen MR) is 46.4 cm³/mol. The van der Waals surface area contributed by atoms with E-state index in [9.17, 15) is 8.78 Å². The molecule has 1 fully saturated rings. The molecule has 0 bridgehead atoms. The smallest absolute Gasteiger partial charge is 0.277 e. The van der Waals surface area contributed by atoms with Crippen molar-refractivity contribution in [3.05, 3.63) is 35.9 Å². The molecule has 0 radical (unpaired) electrons. The van der Waals surface area contributed by atoms with Crippen LogP contribution in [0.4, 0.5) is 8.78 Å². The molecule has 0 aromatic heterocycles. The van der Waals surface area contributed by atoms with Gasteiger partial charge in [0.2, 0.25) is 0 Å². The molecule has 1 aromatic carbocycles. The lowest BCUT2D eigenvalue weighted by atomic mass is 10.0. The number of nitrogens with two attached hydrogens (primary N) is 1. The van der Waals surface area contributed by atoms with Crippen molar-refractivity contribution in [3.8, 4) is 0 Å². The third kappa shape index (κ3) is 1.44. The summed E-state index contributed by atoms with van der Waals surface area (Å²) in [5.41, 5.74) is 5.49. The number of rotatable bonds is 2. The fourth-order valence-corrected chi connectivity index (χ4v) is 1.51. The van der Waals surface area contributed by atoms with Crippen LogP contribution in [0.3, 0.4) is 0 Å². The van der Waals surface area contributed by atoms with Crippen LogP contribution in [0.25, 0.3) is 0 Å². The lowest BCUT2D eigenvalue weighted by molar-refractivity contribution is -0.0302. The Kier molecular flexibility index (Phi) is 1.84. The molecule has 2 atom stereocenters. The zero-order valence-electron chi connectivity index (χ0n) is 7.08. The summed E-state index contributed by atoms with van der Waals surface area (Å²) in [6, 6.07) is 7.55. The highest BCUT2D eigenvalue weighted by Crippen LogP contribution is 2.48. The van der Waals surface area contributed by atoms with Crippen LogP contribution in [0.15, 0.2) is 30.3 Å². The van der Waals surface area contributed by atoms with Crippen molar-refractivity contribution in [2.75, 3.05) is 0 Å². The van der Waals surface area contributed by atoms with E-state index in [1.807, 2.05) is 0 Å². The molecule has 1 aliphatic rings. The van der Waals surface area contributed by atoms with Crippen molar-refractivity contribution in [2.45, 2.75) is 18.4 Å². The van der Waals surface area contributed by atoms with Gasteiger partial charge in [0.1, 0.15) is 0 Å². The first-order valence-electron chi connectivity index (χ1n) is 4.31. The number of hydrogen-bond acceptors (Lipinski definition) is 1. The molecule has 70 valence electrons. The van der Waals surface area contributed by atoms with E-state index in [0.29, 0.717) is 6.42 Å². The molecule has 1 aromatic rings. The normalized spacial score (nSPS) is 27.3. The van der Waals surface area contributed by atoms with E-state index in [1.54, 1.807) is 18.2 Å². The maximum Gasteiger partial charge on any atom is 0.277 e. The van der Waals surface area contributed by atoms with Crippen LogP contribution in [0.2, 0.25) is 0 Å². The van der Waals surface area contributed by atoms with Crippen LogP contribution >= 0.6 is 0 Å². The van der Waals surface area contributed by atoms with Gasteiger partial charge in [-0.1, -0.05) is 30.3 Å². The van der Waals surface area contributed by atoms with Gasteiger partial charge in [0.05, 0.1) is 0 Å². The second-order valence-corrected chi connectivity index (χ2v) is 3.50. The maximum absolute atomic E-state index is 13.5. The van der Waals surface area contributed by atoms with Gasteiger partial charge in [-0.3, -0.25) is 0 Å². The number of benzene rings is 1. The molecule has 1 aliphatic carbocycles. The highest BCUT2D eigenvalue weighted by atomic mass is 19.3. The molecule has 3 heteroatoms. The van der Waals surface area contributed by atoms with Crippen LogP contribution in [-0.2, 0) is 5.92 Å². The van der Waals surface area contributed by atoms with E-state index in [4.69, 9.17) is 5.73 Å². The van der Waals surface area contributed by atoms with Crippen molar-refractivity contribution in [3.63, 3.8) is 0 Å². The molecule has 2 unspecified atom stereocenters.